The minimum Gasteiger partial charge on any atom is -0.337 e. The highest BCUT2D eigenvalue weighted by molar-refractivity contribution is 5.92. The van der Waals surface area contributed by atoms with Gasteiger partial charge in [-0.1, -0.05) is 37.3 Å². The maximum atomic E-state index is 12.8. The Morgan fingerprint density at radius 3 is 2.50 bits per heavy atom. The van der Waals surface area contributed by atoms with Gasteiger partial charge in [0.1, 0.15) is 5.69 Å². The largest absolute Gasteiger partial charge is 0.337 e. The summed E-state index contributed by atoms with van der Waals surface area (Å²) >= 11 is 0. The number of carbonyl (C=O) groups excluding carboxylic acids is 1. The van der Waals surface area contributed by atoms with Crippen molar-refractivity contribution in [3.63, 3.8) is 0 Å². The minimum absolute atomic E-state index is 0.0878. The molecular weight excluding hydrogens is 348 g/mol. The Hall–Kier alpha value is -2.14. The molecule has 1 aromatic heterocycles. The molecule has 1 amide bonds. The van der Waals surface area contributed by atoms with Crippen LogP contribution in [0.4, 0.5) is 0 Å². The van der Waals surface area contributed by atoms with Crippen LogP contribution in [0, 0.1) is 5.41 Å². The Labute approximate surface area is 168 Å². The maximum Gasteiger partial charge on any atom is 0.274 e. The molecule has 4 rings (SSSR count). The van der Waals surface area contributed by atoms with Crippen molar-refractivity contribution in [3.05, 3.63) is 53.9 Å². The summed E-state index contributed by atoms with van der Waals surface area (Å²) in [5.74, 6) is 0.683. The second kappa shape index (κ2) is 8.08. The first-order valence-corrected chi connectivity index (χ1v) is 10.7. The van der Waals surface area contributed by atoms with Crippen LogP contribution in [-0.2, 0) is 6.54 Å². The van der Waals surface area contributed by atoms with Gasteiger partial charge < -0.3 is 9.80 Å². The van der Waals surface area contributed by atoms with Crippen molar-refractivity contribution in [1.29, 1.82) is 0 Å². The first-order valence-electron chi connectivity index (χ1n) is 10.7. The van der Waals surface area contributed by atoms with E-state index in [1.165, 1.54) is 18.5 Å². The molecule has 1 spiro atoms. The summed E-state index contributed by atoms with van der Waals surface area (Å²) in [4.78, 5) is 17.5. The van der Waals surface area contributed by atoms with E-state index in [9.17, 15) is 4.79 Å². The van der Waals surface area contributed by atoms with Crippen molar-refractivity contribution in [2.75, 3.05) is 32.7 Å². The standard InChI is InChI=1S/C23H32N4O/c1-3-25-17-20(19-8-6-5-7-9-19)16-23(18-25)11-14-26(15-12-23)22(28)21-10-13-27(4-2)24-21/h5-10,13,20H,3-4,11-12,14-18H2,1-2H3. The van der Waals surface area contributed by atoms with Gasteiger partial charge in [-0.05, 0) is 55.7 Å². The van der Waals surface area contributed by atoms with Crippen molar-refractivity contribution in [1.82, 2.24) is 19.6 Å². The fraction of sp³-hybridized carbons (Fsp3) is 0.565. The van der Waals surface area contributed by atoms with Gasteiger partial charge in [-0.3, -0.25) is 9.48 Å². The molecule has 1 atom stereocenters. The van der Waals surface area contributed by atoms with Gasteiger partial charge in [0.15, 0.2) is 0 Å². The molecule has 28 heavy (non-hydrogen) atoms. The quantitative estimate of drug-likeness (QED) is 0.813. The van der Waals surface area contributed by atoms with Gasteiger partial charge >= 0.3 is 0 Å². The number of benzene rings is 1. The topological polar surface area (TPSA) is 41.4 Å². The SMILES string of the molecule is CCN1CC(c2ccccc2)CC2(CCN(C(=O)c3ccn(CC)n3)CC2)C1. The molecule has 0 bridgehead atoms. The van der Waals surface area contributed by atoms with Crippen LogP contribution in [0.3, 0.4) is 0 Å². The average Bonchev–Trinajstić information content (AvgIpc) is 3.23. The molecule has 2 aromatic rings. The summed E-state index contributed by atoms with van der Waals surface area (Å²) in [6, 6.07) is 12.8. The third-order valence-electron chi connectivity index (χ3n) is 6.73. The molecule has 2 fully saturated rings. The number of carbonyl (C=O) groups is 1. The van der Waals surface area contributed by atoms with Gasteiger partial charge in [0.2, 0.25) is 0 Å². The lowest BCUT2D eigenvalue weighted by atomic mass is 9.68. The molecule has 5 nitrogen and oxygen atoms in total. The van der Waals surface area contributed by atoms with E-state index in [0.29, 0.717) is 17.0 Å². The van der Waals surface area contributed by atoms with Gasteiger partial charge in [0, 0.05) is 38.9 Å². The summed E-state index contributed by atoms with van der Waals surface area (Å²) < 4.78 is 1.82. The number of likely N-dealkylation sites (tertiary alicyclic amines) is 2. The number of piperidine rings is 2. The smallest absolute Gasteiger partial charge is 0.274 e. The molecule has 2 aliphatic rings. The third-order valence-corrected chi connectivity index (χ3v) is 6.73. The van der Waals surface area contributed by atoms with Crippen LogP contribution in [0.5, 0.6) is 0 Å². The predicted molar refractivity (Wildman–Crippen MR) is 111 cm³/mol. The number of rotatable bonds is 4. The zero-order valence-electron chi connectivity index (χ0n) is 17.2. The highest BCUT2D eigenvalue weighted by Gasteiger charge is 2.42. The van der Waals surface area contributed by atoms with Crippen LogP contribution < -0.4 is 0 Å². The summed E-state index contributed by atoms with van der Waals surface area (Å²) in [6.45, 7) is 10.2. The van der Waals surface area contributed by atoms with E-state index < -0.39 is 0 Å². The van der Waals surface area contributed by atoms with Crippen LogP contribution in [0.15, 0.2) is 42.6 Å². The van der Waals surface area contributed by atoms with Gasteiger partial charge in [-0.2, -0.15) is 5.10 Å². The summed E-state index contributed by atoms with van der Waals surface area (Å²) in [6.07, 6.45) is 5.31. The lowest BCUT2D eigenvalue weighted by Gasteiger charge is -2.50. The van der Waals surface area contributed by atoms with Crippen LogP contribution in [-0.4, -0.2) is 58.2 Å². The molecule has 0 saturated carbocycles. The second-order valence-electron chi connectivity index (χ2n) is 8.49. The van der Waals surface area contributed by atoms with Gasteiger partial charge in [-0.25, -0.2) is 0 Å². The van der Waals surface area contributed by atoms with Crippen molar-refractivity contribution < 1.29 is 4.79 Å². The van der Waals surface area contributed by atoms with E-state index in [2.05, 4.69) is 47.3 Å². The lowest BCUT2D eigenvalue weighted by molar-refractivity contribution is 0.0156. The average molecular weight is 381 g/mol. The number of likely N-dealkylation sites (N-methyl/N-ethyl adjacent to an activating group) is 1. The first kappa shape index (κ1) is 19.2. The fourth-order valence-electron chi connectivity index (χ4n) is 5.05. The summed E-state index contributed by atoms with van der Waals surface area (Å²) in [5, 5.41) is 4.40. The van der Waals surface area contributed by atoms with Gasteiger partial charge in [-0.15, -0.1) is 0 Å². The first-order chi connectivity index (χ1) is 13.6. The third kappa shape index (κ3) is 3.86. The lowest BCUT2D eigenvalue weighted by Crippen LogP contribution is -2.52. The zero-order valence-corrected chi connectivity index (χ0v) is 17.2. The van der Waals surface area contributed by atoms with E-state index in [4.69, 9.17) is 0 Å². The highest BCUT2D eigenvalue weighted by atomic mass is 16.2. The Balaban J connectivity index is 1.45. The molecule has 5 heteroatoms. The Morgan fingerprint density at radius 2 is 1.86 bits per heavy atom. The van der Waals surface area contributed by atoms with Crippen molar-refractivity contribution >= 4 is 5.91 Å². The van der Waals surface area contributed by atoms with Crippen molar-refractivity contribution in [2.45, 2.75) is 45.6 Å². The number of amides is 1. The number of hydrogen-bond donors (Lipinski definition) is 0. The molecule has 0 N–H and O–H groups in total. The predicted octanol–water partition coefficient (Wildman–Crippen LogP) is 3.63. The fourth-order valence-corrected chi connectivity index (χ4v) is 5.05. The molecule has 1 aromatic carbocycles. The highest BCUT2D eigenvalue weighted by Crippen LogP contribution is 2.45. The monoisotopic (exact) mass is 380 g/mol. The van der Waals surface area contributed by atoms with Gasteiger partial charge in [0.05, 0.1) is 0 Å². The molecule has 2 saturated heterocycles. The van der Waals surface area contributed by atoms with E-state index in [1.54, 1.807) is 0 Å². The zero-order chi connectivity index (χ0) is 19.6. The van der Waals surface area contributed by atoms with Gasteiger partial charge in [0.25, 0.3) is 5.91 Å². The maximum absolute atomic E-state index is 12.8. The van der Waals surface area contributed by atoms with Crippen LogP contribution in [0.25, 0.3) is 0 Å². The molecule has 0 radical (unpaired) electrons. The van der Waals surface area contributed by atoms with E-state index in [-0.39, 0.29) is 5.91 Å². The number of aromatic nitrogens is 2. The van der Waals surface area contributed by atoms with Crippen LogP contribution in [0.1, 0.15) is 55.1 Å². The molecule has 1 unspecified atom stereocenters. The number of nitrogens with zero attached hydrogens (tertiary/aromatic N) is 4. The van der Waals surface area contributed by atoms with Crippen molar-refractivity contribution in [2.24, 2.45) is 5.41 Å². The Bertz CT molecular complexity index is 792. The molecule has 150 valence electrons. The summed E-state index contributed by atoms with van der Waals surface area (Å²) in [5.41, 5.74) is 2.37. The molecule has 2 aliphatic heterocycles. The molecule has 0 aliphatic carbocycles. The Morgan fingerprint density at radius 1 is 1.11 bits per heavy atom. The normalized spacial score (nSPS) is 22.5. The van der Waals surface area contributed by atoms with E-state index in [1.807, 2.05) is 28.8 Å². The Kier molecular flexibility index (Phi) is 5.54. The molecular formula is C23H32N4O. The van der Waals surface area contributed by atoms with Crippen LogP contribution >= 0.6 is 0 Å². The molecule has 3 heterocycles. The van der Waals surface area contributed by atoms with E-state index >= 15 is 0 Å². The van der Waals surface area contributed by atoms with E-state index in [0.717, 1.165) is 45.6 Å². The second-order valence-corrected chi connectivity index (χ2v) is 8.49. The van der Waals surface area contributed by atoms with Crippen LogP contribution in [0.2, 0.25) is 0 Å². The van der Waals surface area contributed by atoms with Crippen molar-refractivity contribution in [3.8, 4) is 0 Å². The number of hydrogen-bond acceptors (Lipinski definition) is 3. The number of aryl methyl sites for hydroxylation is 1. The summed E-state index contributed by atoms with van der Waals surface area (Å²) in [7, 11) is 0. The minimum atomic E-state index is 0.0878.